The van der Waals surface area contributed by atoms with Crippen LogP contribution < -0.4 is 4.74 Å². The lowest BCUT2D eigenvalue weighted by Crippen LogP contribution is -2.34. The second kappa shape index (κ2) is 7.94. The molecule has 0 bridgehead atoms. The van der Waals surface area contributed by atoms with Gasteiger partial charge in [-0.25, -0.2) is 4.79 Å². The lowest BCUT2D eigenvalue weighted by molar-refractivity contribution is -0.130. The molecule has 3 rings (SSSR count). The Morgan fingerprint density at radius 1 is 1.03 bits per heavy atom. The van der Waals surface area contributed by atoms with Crippen LogP contribution in [0.3, 0.4) is 0 Å². The molecule has 0 unspecified atom stereocenters. The highest BCUT2D eigenvalue weighted by atomic mass is 16.5. The average Bonchev–Trinajstić information content (AvgIpc) is 2.69. The van der Waals surface area contributed by atoms with E-state index in [1.54, 1.807) is 6.07 Å². The summed E-state index contributed by atoms with van der Waals surface area (Å²) in [5, 5.41) is 9.42. The molecule has 0 aliphatic heterocycles. The Hall–Kier alpha value is -2.55. The third-order valence-electron chi connectivity index (χ3n) is 6.54. The van der Waals surface area contributed by atoms with E-state index in [4.69, 9.17) is 4.74 Å². The summed E-state index contributed by atoms with van der Waals surface area (Å²) < 4.78 is 6.05. The number of fused-ring (bicyclic) bond motifs is 1. The fourth-order valence-corrected chi connectivity index (χ4v) is 4.40. The molecule has 0 fully saturated rings. The number of carboxylic acids is 1. The standard InChI is InChI=1S/C27H34O3/c1-8-13-30-24-10-9-19(18(3)25(28)29)15-21(24)20-16-23-22(14-17(20)2)26(4,5)11-12-27(23,6)7/h9-10,14-16H,3,8,11-13H2,1-2,4-7H3,(H,28,29). The van der Waals surface area contributed by atoms with Crippen LogP contribution in [0.25, 0.3) is 16.7 Å². The van der Waals surface area contributed by atoms with Crippen LogP contribution in [0.4, 0.5) is 0 Å². The topological polar surface area (TPSA) is 46.5 Å². The Morgan fingerprint density at radius 2 is 1.63 bits per heavy atom. The molecule has 0 radical (unpaired) electrons. The second-order valence-corrected chi connectivity index (χ2v) is 9.82. The molecule has 160 valence electrons. The van der Waals surface area contributed by atoms with Crippen LogP contribution in [0.5, 0.6) is 5.75 Å². The maximum Gasteiger partial charge on any atom is 0.335 e. The van der Waals surface area contributed by atoms with Gasteiger partial charge in [-0.2, -0.15) is 0 Å². The first-order valence-electron chi connectivity index (χ1n) is 10.8. The zero-order valence-corrected chi connectivity index (χ0v) is 19.2. The Morgan fingerprint density at radius 3 is 2.20 bits per heavy atom. The first kappa shape index (κ1) is 22.1. The van der Waals surface area contributed by atoms with Gasteiger partial charge >= 0.3 is 5.97 Å². The minimum atomic E-state index is -1.01. The van der Waals surface area contributed by atoms with E-state index in [1.165, 1.54) is 23.1 Å². The maximum absolute atomic E-state index is 11.5. The predicted octanol–water partition coefficient (Wildman–Crippen LogP) is 6.90. The molecule has 0 spiro atoms. The van der Waals surface area contributed by atoms with Crippen molar-refractivity contribution in [1.82, 2.24) is 0 Å². The van der Waals surface area contributed by atoms with Gasteiger partial charge in [-0.1, -0.05) is 53.3 Å². The van der Waals surface area contributed by atoms with Gasteiger partial charge in [-0.3, -0.25) is 0 Å². The molecule has 1 aliphatic carbocycles. The fraction of sp³-hybridized carbons (Fsp3) is 0.444. The summed E-state index contributed by atoms with van der Waals surface area (Å²) in [5.41, 5.74) is 6.96. The Kier molecular flexibility index (Phi) is 5.86. The number of aryl methyl sites for hydroxylation is 1. The van der Waals surface area contributed by atoms with Crippen molar-refractivity contribution >= 4 is 11.5 Å². The minimum absolute atomic E-state index is 0.0929. The van der Waals surface area contributed by atoms with Gasteiger partial charge in [0, 0.05) is 5.56 Å². The van der Waals surface area contributed by atoms with Crippen LogP contribution in [0.15, 0.2) is 36.9 Å². The summed E-state index contributed by atoms with van der Waals surface area (Å²) in [6.45, 7) is 17.9. The van der Waals surface area contributed by atoms with Crippen molar-refractivity contribution in [3.63, 3.8) is 0 Å². The molecule has 3 nitrogen and oxygen atoms in total. The molecule has 0 amide bonds. The molecule has 0 heterocycles. The number of carbonyl (C=O) groups is 1. The van der Waals surface area contributed by atoms with E-state index >= 15 is 0 Å². The summed E-state index contributed by atoms with van der Waals surface area (Å²) in [7, 11) is 0. The van der Waals surface area contributed by atoms with Crippen LogP contribution in [-0.4, -0.2) is 17.7 Å². The van der Waals surface area contributed by atoms with E-state index in [9.17, 15) is 9.90 Å². The SMILES string of the molecule is C=C(C(=O)O)c1ccc(OCCC)c(-c2cc3c(cc2C)C(C)(C)CCC3(C)C)c1. The molecular formula is C27H34O3. The van der Waals surface area contributed by atoms with Crippen LogP contribution >= 0.6 is 0 Å². The van der Waals surface area contributed by atoms with Crippen LogP contribution in [0.1, 0.15) is 76.1 Å². The van der Waals surface area contributed by atoms with Gasteiger partial charge < -0.3 is 9.84 Å². The highest BCUT2D eigenvalue weighted by Crippen LogP contribution is 2.48. The smallest absolute Gasteiger partial charge is 0.335 e. The number of carboxylic acid groups (broad SMARTS) is 1. The highest BCUT2D eigenvalue weighted by molar-refractivity contribution is 6.14. The third-order valence-corrected chi connectivity index (χ3v) is 6.54. The normalized spacial score (nSPS) is 16.6. The number of hydrogen-bond donors (Lipinski definition) is 1. The highest BCUT2D eigenvalue weighted by Gasteiger charge is 2.37. The molecule has 2 aromatic carbocycles. The number of rotatable bonds is 6. The maximum atomic E-state index is 11.5. The quantitative estimate of drug-likeness (QED) is 0.531. The van der Waals surface area contributed by atoms with Crippen LogP contribution in [-0.2, 0) is 15.6 Å². The van der Waals surface area contributed by atoms with E-state index in [0.717, 1.165) is 29.7 Å². The zero-order valence-electron chi connectivity index (χ0n) is 19.2. The van der Waals surface area contributed by atoms with E-state index < -0.39 is 5.97 Å². The molecule has 0 atom stereocenters. The summed E-state index contributed by atoms with van der Waals surface area (Å²) in [4.78, 5) is 11.5. The predicted molar refractivity (Wildman–Crippen MR) is 124 cm³/mol. The lowest BCUT2D eigenvalue weighted by atomic mass is 9.62. The van der Waals surface area contributed by atoms with Gasteiger partial charge in [-0.05, 0) is 83.0 Å². The molecule has 0 saturated heterocycles. The summed E-state index contributed by atoms with van der Waals surface area (Å²) >= 11 is 0. The van der Waals surface area contributed by atoms with Crippen LogP contribution in [0, 0.1) is 6.92 Å². The van der Waals surface area contributed by atoms with E-state index in [0.29, 0.717) is 12.2 Å². The lowest BCUT2D eigenvalue weighted by Gasteiger charge is -2.42. The molecule has 2 aromatic rings. The zero-order chi connectivity index (χ0) is 22.3. The average molecular weight is 407 g/mol. The number of aliphatic carboxylic acids is 1. The summed E-state index contributed by atoms with van der Waals surface area (Å²) in [5.74, 6) is -0.220. The molecule has 30 heavy (non-hydrogen) atoms. The van der Waals surface area contributed by atoms with Gasteiger partial charge in [0.25, 0.3) is 0 Å². The van der Waals surface area contributed by atoms with Gasteiger partial charge in [0.1, 0.15) is 5.75 Å². The first-order chi connectivity index (χ1) is 14.0. The third kappa shape index (κ3) is 4.03. The van der Waals surface area contributed by atoms with E-state index in [2.05, 4.69) is 60.3 Å². The van der Waals surface area contributed by atoms with E-state index in [1.807, 2.05) is 12.1 Å². The van der Waals surface area contributed by atoms with Gasteiger partial charge in [-0.15, -0.1) is 0 Å². The van der Waals surface area contributed by atoms with Crippen molar-refractivity contribution < 1.29 is 14.6 Å². The molecule has 0 aromatic heterocycles. The van der Waals surface area contributed by atoms with E-state index in [-0.39, 0.29) is 16.4 Å². The molecular weight excluding hydrogens is 372 g/mol. The van der Waals surface area contributed by atoms with Gasteiger partial charge in [0.2, 0.25) is 0 Å². The summed E-state index contributed by atoms with van der Waals surface area (Å²) in [6, 6.07) is 10.2. The molecule has 1 aliphatic rings. The Labute approximate surface area is 180 Å². The van der Waals surface area contributed by atoms with Crippen LogP contribution in [0.2, 0.25) is 0 Å². The minimum Gasteiger partial charge on any atom is -0.493 e. The number of ether oxygens (including phenoxy) is 1. The van der Waals surface area contributed by atoms with Crippen molar-refractivity contribution in [3.8, 4) is 16.9 Å². The fourth-order valence-electron chi connectivity index (χ4n) is 4.40. The van der Waals surface area contributed by atoms with Gasteiger partial charge in [0.15, 0.2) is 0 Å². The molecule has 1 N–H and O–H groups in total. The van der Waals surface area contributed by atoms with Crippen molar-refractivity contribution in [2.24, 2.45) is 0 Å². The largest absolute Gasteiger partial charge is 0.493 e. The monoisotopic (exact) mass is 406 g/mol. The molecule has 0 saturated carbocycles. The summed E-state index contributed by atoms with van der Waals surface area (Å²) in [6.07, 6.45) is 3.22. The van der Waals surface area contributed by atoms with Crippen molar-refractivity contribution in [3.05, 3.63) is 59.2 Å². The Bertz CT molecular complexity index is 995. The Balaban J connectivity index is 2.24. The van der Waals surface area contributed by atoms with Crippen molar-refractivity contribution in [2.45, 2.75) is 71.6 Å². The molecule has 3 heteroatoms. The van der Waals surface area contributed by atoms with Gasteiger partial charge in [0.05, 0.1) is 12.2 Å². The van der Waals surface area contributed by atoms with Crippen molar-refractivity contribution in [1.29, 1.82) is 0 Å². The number of benzene rings is 2. The van der Waals surface area contributed by atoms with Crippen molar-refractivity contribution in [2.75, 3.05) is 6.61 Å². The second-order valence-electron chi connectivity index (χ2n) is 9.82. The number of hydrogen-bond acceptors (Lipinski definition) is 2. The first-order valence-corrected chi connectivity index (χ1v) is 10.8.